The molecule has 0 saturated carbocycles. The number of hydrogen-bond donors (Lipinski definition) is 0. The molecular weight excluding hydrogens is 392 g/mol. The van der Waals surface area contributed by atoms with E-state index in [4.69, 9.17) is 27.7 Å². The molecule has 8 heteroatoms. The number of aromatic nitrogens is 2. The van der Waals surface area contributed by atoms with Crippen molar-refractivity contribution in [2.75, 3.05) is 6.54 Å². The average molecular weight is 406 g/mol. The molecule has 0 radical (unpaired) electrons. The molecule has 1 aliphatic heterocycles. The summed E-state index contributed by atoms with van der Waals surface area (Å²) in [5, 5.41) is 4.55. The molecule has 1 aliphatic rings. The van der Waals surface area contributed by atoms with Gasteiger partial charge in [0, 0.05) is 30.1 Å². The lowest BCUT2D eigenvalue weighted by Gasteiger charge is -2.16. The van der Waals surface area contributed by atoms with Crippen molar-refractivity contribution in [3.8, 4) is 11.4 Å². The van der Waals surface area contributed by atoms with Gasteiger partial charge in [0.25, 0.3) is 0 Å². The van der Waals surface area contributed by atoms with Gasteiger partial charge in [0.05, 0.1) is 10.9 Å². The van der Waals surface area contributed by atoms with Gasteiger partial charge >= 0.3 is 0 Å². The van der Waals surface area contributed by atoms with Crippen LogP contribution in [0.2, 0.25) is 10.0 Å². The van der Waals surface area contributed by atoms with Crippen LogP contribution in [0, 0.1) is 5.82 Å². The number of nitrogens with zero attached hydrogens (tertiary/aromatic N) is 3. The lowest BCUT2D eigenvalue weighted by atomic mass is 10.1. The quantitative estimate of drug-likeness (QED) is 0.631. The third-order valence-corrected chi connectivity index (χ3v) is 5.16. The van der Waals surface area contributed by atoms with E-state index in [9.17, 15) is 9.18 Å². The Labute approximate surface area is 164 Å². The highest BCUT2D eigenvalue weighted by atomic mass is 35.5. The fraction of sp³-hybridized carbons (Fsp3) is 0.211. The Morgan fingerprint density at radius 2 is 2.00 bits per heavy atom. The number of amides is 1. The molecule has 2 heterocycles. The number of carbonyl (C=O) groups is 1. The predicted octanol–water partition coefficient (Wildman–Crippen LogP) is 4.70. The lowest BCUT2D eigenvalue weighted by molar-refractivity contribution is -0.128. The zero-order chi connectivity index (χ0) is 19.0. The monoisotopic (exact) mass is 405 g/mol. The van der Waals surface area contributed by atoms with Crippen LogP contribution in [-0.2, 0) is 11.3 Å². The minimum atomic E-state index is -0.513. The predicted molar refractivity (Wildman–Crippen MR) is 98.9 cm³/mol. The van der Waals surface area contributed by atoms with Gasteiger partial charge in [-0.3, -0.25) is 4.79 Å². The van der Waals surface area contributed by atoms with Gasteiger partial charge in [-0.2, -0.15) is 4.98 Å². The third kappa shape index (κ3) is 3.68. The first-order valence-electron chi connectivity index (χ1n) is 8.31. The molecule has 27 heavy (non-hydrogen) atoms. The van der Waals surface area contributed by atoms with Crippen LogP contribution < -0.4 is 0 Å². The van der Waals surface area contributed by atoms with E-state index in [2.05, 4.69) is 10.1 Å². The van der Waals surface area contributed by atoms with Gasteiger partial charge in [0.15, 0.2) is 0 Å². The molecule has 0 bridgehead atoms. The summed E-state index contributed by atoms with van der Waals surface area (Å²) in [5.74, 6) is -0.0215. The number of carbonyl (C=O) groups excluding carboxylic acids is 1. The van der Waals surface area contributed by atoms with Crippen molar-refractivity contribution < 1.29 is 13.7 Å². The summed E-state index contributed by atoms with van der Waals surface area (Å²) in [6.45, 7) is 0.902. The van der Waals surface area contributed by atoms with Gasteiger partial charge in [0.2, 0.25) is 17.6 Å². The van der Waals surface area contributed by atoms with Crippen LogP contribution in [0.4, 0.5) is 4.39 Å². The molecule has 1 aromatic heterocycles. The summed E-state index contributed by atoms with van der Waals surface area (Å²) in [6, 6.07) is 11.6. The molecule has 1 unspecified atom stereocenters. The highest BCUT2D eigenvalue weighted by molar-refractivity contribution is 6.31. The summed E-state index contributed by atoms with van der Waals surface area (Å²) in [5.41, 5.74) is 1.44. The van der Waals surface area contributed by atoms with Crippen molar-refractivity contribution in [1.29, 1.82) is 0 Å². The van der Waals surface area contributed by atoms with Crippen molar-refractivity contribution in [2.24, 2.45) is 0 Å². The largest absolute Gasteiger partial charge is 0.339 e. The molecule has 138 valence electrons. The van der Waals surface area contributed by atoms with Crippen molar-refractivity contribution in [1.82, 2.24) is 15.0 Å². The van der Waals surface area contributed by atoms with Crippen molar-refractivity contribution in [3.05, 3.63) is 69.8 Å². The standard InChI is InChI=1S/C19H14Cl2FN3O2/c20-14-4-2-1-3-12(14)9-25-10-13(8-17(25)26)19-23-18(24-27-19)11-5-6-16(22)15(21)7-11/h1-7,13H,8-10H2. The third-order valence-electron chi connectivity index (χ3n) is 4.50. The normalized spacial score (nSPS) is 16.9. The van der Waals surface area contributed by atoms with Crippen LogP contribution >= 0.6 is 23.2 Å². The van der Waals surface area contributed by atoms with Crippen LogP contribution in [0.1, 0.15) is 23.8 Å². The van der Waals surface area contributed by atoms with Crippen LogP contribution in [-0.4, -0.2) is 27.5 Å². The zero-order valence-electron chi connectivity index (χ0n) is 14.0. The topological polar surface area (TPSA) is 59.2 Å². The van der Waals surface area contributed by atoms with E-state index in [0.717, 1.165) is 5.56 Å². The van der Waals surface area contributed by atoms with Crippen LogP contribution in [0.5, 0.6) is 0 Å². The molecule has 1 amide bonds. The molecule has 3 aromatic rings. The van der Waals surface area contributed by atoms with Gasteiger partial charge in [0.1, 0.15) is 5.82 Å². The summed E-state index contributed by atoms with van der Waals surface area (Å²) < 4.78 is 18.7. The summed E-state index contributed by atoms with van der Waals surface area (Å²) in [4.78, 5) is 18.5. The minimum absolute atomic E-state index is 0.00416. The minimum Gasteiger partial charge on any atom is -0.339 e. The molecule has 1 fully saturated rings. The molecule has 4 rings (SSSR count). The number of rotatable bonds is 4. The number of likely N-dealkylation sites (tertiary alicyclic amines) is 1. The SMILES string of the molecule is O=C1CC(c2nc(-c3ccc(F)c(Cl)c3)no2)CN1Cc1ccccc1Cl. The van der Waals surface area contributed by atoms with Crippen molar-refractivity contribution in [2.45, 2.75) is 18.9 Å². The van der Waals surface area contributed by atoms with E-state index in [1.54, 1.807) is 11.0 Å². The highest BCUT2D eigenvalue weighted by Gasteiger charge is 2.34. The van der Waals surface area contributed by atoms with Crippen molar-refractivity contribution >= 4 is 29.1 Å². The van der Waals surface area contributed by atoms with Gasteiger partial charge in [-0.05, 0) is 29.8 Å². The fourth-order valence-electron chi connectivity index (χ4n) is 3.08. The first-order valence-corrected chi connectivity index (χ1v) is 9.07. The van der Waals surface area contributed by atoms with Gasteiger partial charge < -0.3 is 9.42 Å². The van der Waals surface area contributed by atoms with E-state index < -0.39 is 5.82 Å². The molecule has 0 N–H and O–H groups in total. The first kappa shape index (κ1) is 17.9. The van der Waals surface area contributed by atoms with Crippen LogP contribution in [0.3, 0.4) is 0 Å². The molecular formula is C19H14Cl2FN3O2. The Balaban J connectivity index is 1.50. The summed E-state index contributed by atoms with van der Waals surface area (Å²) in [6.07, 6.45) is 0.288. The summed E-state index contributed by atoms with van der Waals surface area (Å²) >= 11 is 12.0. The van der Waals surface area contributed by atoms with Gasteiger partial charge in [-0.15, -0.1) is 0 Å². The molecule has 5 nitrogen and oxygen atoms in total. The second-order valence-corrected chi connectivity index (χ2v) is 7.17. The summed E-state index contributed by atoms with van der Waals surface area (Å²) in [7, 11) is 0. The Hall–Kier alpha value is -2.44. The van der Waals surface area contributed by atoms with Crippen LogP contribution in [0.25, 0.3) is 11.4 Å². The second-order valence-electron chi connectivity index (χ2n) is 6.35. The molecule has 0 aliphatic carbocycles. The smallest absolute Gasteiger partial charge is 0.232 e. The zero-order valence-corrected chi connectivity index (χ0v) is 15.5. The van der Waals surface area contributed by atoms with Gasteiger partial charge in [-0.1, -0.05) is 46.6 Å². The van der Waals surface area contributed by atoms with Crippen molar-refractivity contribution in [3.63, 3.8) is 0 Å². The maximum Gasteiger partial charge on any atom is 0.232 e. The Kier molecular flexibility index (Phi) is 4.85. The van der Waals surface area contributed by atoms with E-state index >= 15 is 0 Å². The van der Waals surface area contributed by atoms with E-state index in [1.807, 2.05) is 18.2 Å². The molecule has 2 aromatic carbocycles. The number of benzene rings is 2. The maximum absolute atomic E-state index is 13.3. The van der Waals surface area contributed by atoms with Gasteiger partial charge in [-0.25, -0.2) is 4.39 Å². The second kappa shape index (κ2) is 7.29. The van der Waals surface area contributed by atoms with E-state index in [0.29, 0.717) is 35.4 Å². The Morgan fingerprint density at radius 3 is 2.78 bits per heavy atom. The average Bonchev–Trinajstić information content (AvgIpc) is 3.27. The Bertz CT molecular complexity index is 1010. The number of halogens is 3. The van der Waals surface area contributed by atoms with Crippen LogP contribution in [0.15, 0.2) is 47.0 Å². The maximum atomic E-state index is 13.3. The Morgan fingerprint density at radius 1 is 1.19 bits per heavy atom. The van der Waals surface area contributed by atoms with E-state index in [1.165, 1.54) is 18.2 Å². The molecule has 0 spiro atoms. The molecule has 1 atom stereocenters. The lowest BCUT2D eigenvalue weighted by Crippen LogP contribution is -2.24. The first-order chi connectivity index (χ1) is 13.0. The van der Waals surface area contributed by atoms with E-state index in [-0.39, 0.29) is 23.3 Å². The molecule has 1 saturated heterocycles. The fourth-order valence-corrected chi connectivity index (χ4v) is 3.45. The number of hydrogen-bond acceptors (Lipinski definition) is 4. The highest BCUT2D eigenvalue weighted by Crippen LogP contribution is 2.31.